The number of sulfonamides is 1. The minimum atomic E-state index is -4.12. The van der Waals surface area contributed by atoms with Crippen LogP contribution in [0.15, 0.2) is 47.4 Å². The van der Waals surface area contributed by atoms with E-state index in [1.807, 2.05) is 6.92 Å². The van der Waals surface area contributed by atoms with Crippen LogP contribution in [0.3, 0.4) is 0 Å². The molecule has 0 unspecified atom stereocenters. The molecule has 8 nitrogen and oxygen atoms in total. The monoisotopic (exact) mass is 513 g/mol. The molecule has 2 amide bonds. The lowest BCUT2D eigenvalue weighted by molar-refractivity contribution is -0.131. The molecule has 1 heterocycles. The fourth-order valence-electron chi connectivity index (χ4n) is 3.39. The van der Waals surface area contributed by atoms with Gasteiger partial charge in [-0.15, -0.1) is 0 Å². The quantitative estimate of drug-likeness (QED) is 0.586. The summed E-state index contributed by atoms with van der Waals surface area (Å²) in [5.74, 6) is -0.412. The maximum atomic E-state index is 13.5. The highest BCUT2D eigenvalue weighted by Gasteiger charge is 2.32. The van der Waals surface area contributed by atoms with Crippen LogP contribution in [0.25, 0.3) is 0 Å². The molecule has 1 aliphatic heterocycles. The van der Waals surface area contributed by atoms with Crippen molar-refractivity contribution < 1.29 is 22.7 Å². The standard InChI is InChI=1S/C22H25Cl2N3O5S/c1-3-32-22(29)26-12-10-25(11-13-26)21(28)15-27(20-14-17(23)6-9-19(20)24)33(30,31)18-7-4-16(2)5-8-18/h4-9,14H,3,10-13,15H2,1-2H3. The third kappa shape index (κ3) is 5.90. The summed E-state index contributed by atoms with van der Waals surface area (Å²) in [5.41, 5.74) is 1.01. The van der Waals surface area contributed by atoms with E-state index in [1.165, 1.54) is 34.1 Å². The van der Waals surface area contributed by atoms with Gasteiger partial charge in [-0.25, -0.2) is 13.2 Å². The van der Waals surface area contributed by atoms with Crippen LogP contribution in [-0.2, 0) is 19.6 Å². The van der Waals surface area contributed by atoms with Crippen LogP contribution >= 0.6 is 23.2 Å². The first-order valence-electron chi connectivity index (χ1n) is 10.4. The molecule has 3 rings (SSSR count). The highest BCUT2D eigenvalue weighted by atomic mass is 35.5. The van der Waals surface area contributed by atoms with Gasteiger partial charge in [-0.1, -0.05) is 40.9 Å². The highest BCUT2D eigenvalue weighted by Crippen LogP contribution is 2.33. The lowest BCUT2D eigenvalue weighted by Gasteiger charge is -2.35. The molecule has 0 N–H and O–H groups in total. The molecular formula is C22H25Cl2N3O5S. The molecule has 178 valence electrons. The van der Waals surface area contributed by atoms with E-state index in [0.29, 0.717) is 13.1 Å². The predicted molar refractivity (Wildman–Crippen MR) is 127 cm³/mol. The molecule has 1 fully saturated rings. The Labute approximate surface area is 203 Å². The first kappa shape index (κ1) is 25.1. The zero-order valence-electron chi connectivity index (χ0n) is 18.3. The van der Waals surface area contributed by atoms with Crippen molar-refractivity contribution in [2.75, 3.05) is 43.6 Å². The van der Waals surface area contributed by atoms with Crippen molar-refractivity contribution in [1.82, 2.24) is 9.80 Å². The SMILES string of the molecule is CCOC(=O)N1CCN(C(=O)CN(c2cc(Cl)ccc2Cl)S(=O)(=O)c2ccc(C)cc2)CC1. The zero-order chi connectivity index (χ0) is 24.2. The Hall–Kier alpha value is -2.49. The third-order valence-corrected chi connectivity index (χ3v) is 7.55. The topological polar surface area (TPSA) is 87.2 Å². The molecule has 0 radical (unpaired) electrons. The summed E-state index contributed by atoms with van der Waals surface area (Å²) in [4.78, 5) is 28.1. The van der Waals surface area contributed by atoms with Gasteiger partial charge in [0.2, 0.25) is 5.91 Å². The number of nitrogens with zero attached hydrogens (tertiary/aromatic N) is 3. The molecule has 2 aromatic rings. The molecule has 33 heavy (non-hydrogen) atoms. The summed E-state index contributed by atoms with van der Waals surface area (Å²) < 4.78 is 33.0. The van der Waals surface area contributed by atoms with Crippen LogP contribution in [0.2, 0.25) is 10.0 Å². The molecule has 2 aromatic carbocycles. The Balaban J connectivity index is 1.86. The number of carbonyl (C=O) groups is 2. The largest absolute Gasteiger partial charge is 0.450 e. The van der Waals surface area contributed by atoms with E-state index in [0.717, 1.165) is 9.87 Å². The maximum absolute atomic E-state index is 13.5. The van der Waals surface area contributed by atoms with Gasteiger partial charge < -0.3 is 14.5 Å². The molecule has 0 aliphatic carbocycles. The van der Waals surface area contributed by atoms with Crippen molar-refractivity contribution >= 4 is 50.9 Å². The van der Waals surface area contributed by atoms with E-state index in [1.54, 1.807) is 25.1 Å². The number of ether oxygens (including phenoxy) is 1. The van der Waals surface area contributed by atoms with E-state index in [2.05, 4.69) is 0 Å². The van der Waals surface area contributed by atoms with Crippen LogP contribution < -0.4 is 4.31 Å². The molecule has 0 saturated carbocycles. The Kier molecular flexibility index (Phi) is 8.10. The Morgan fingerprint density at radius 1 is 1.00 bits per heavy atom. The van der Waals surface area contributed by atoms with Crippen LogP contribution in [-0.4, -0.2) is 69.5 Å². The first-order valence-corrected chi connectivity index (χ1v) is 12.6. The molecular weight excluding hydrogens is 489 g/mol. The lowest BCUT2D eigenvalue weighted by atomic mass is 10.2. The number of aryl methyl sites for hydroxylation is 1. The molecule has 0 atom stereocenters. The smallest absolute Gasteiger partial charge is 0.409 e. The molecule has 0 spiro atoms. The summed E-state index contributed by atoms with van der Waals surface area (Å²) >= 11 is 12.4. The van der Waals surface area contributed by atoms with Gasteiger partial charge in [0, 0.05) is 31.2 Å². The number of halogens is 2. The highest BCUT2D eigenvalue weighted by molar-refractivity contribution is 7.92. The van der Waals surface area contributed by atoms with Gasteiger partial charge in [-0.3, -0.25) is 9.10 Å². The predicted octanol–water partition coefficient (Wildman–Crippen LogP) is 3.80. The first-order chi connectivity index (χ1) is 15.6. The average molecular weight is 514 g/mol. The van der Waals surface area contributed by atoms with Gasteiger partial charge in [0.15, 0.2) is 0 Å². The second-order valence-electron chi connectivity index (χ2n) is 7.49. The van der Waals surface area contributed by atoms with Crippen molar-refractivity contribution in [3.05, 3.63) is 58.1 Å². The van der Waals surface area contributed by atoms with Gasteiger partial charge in [-0.05, 0) is 44.2 Å². The number of amides is 2. The molecule has 0 bridgehead atoms. The number of piperazine rings is 1. The number of hydrogen-bond donors (Lipinski definition) is 0. The van der Waals surface area contributed by atoms with Gasteiger partial charge in [0.05, 0.1) is 22.2 Å². The van der Waals surface area contributed by atoms with Crippen LogP contribution in [0.5, 0.6) is 0 Å². The zero-order valence-corrected chi connectivity index (χ0v) is 20.7. The fraction of sp³-hybridized carbons (Fsp3) is 0.364. The van der Waals surface area contributed by atoms with Crippen LogP contribution in [0.1, 0.15) is 12.5 Å². The summed E-state index contributed by atoms with van der Waals surface area (Å²) in [6, 6.07) is 10.8. The second kappa shape index (κ2) is 10.6. The second-order valence-corrected chi connectivity index (χ2v) is 10.2. The van der Waals surface area contributed by atoms with Gasteiger partial charge >= 0.3 is 6.09 Å². The molecule has 11 heteroatoms. The van der Waals surface area contributed by atoms with E-state index in [9.17, 15) is 18.0 Å². The summed E-state index contributed by atoms with van der Waals surface area (Å²) in [6.45, 7) is 4.50. The summed E-state index contributed by atoms with van der Waals surface area (Å²) in [7, 11) is -4.12. The lowest BCUT2D eigenvalue weighted by Crippen LogP contribution is -2.53. The third-order valence-electron chi connectivity index (χ3n) is 5.22. The normalized spacial score (nSPS) is 14.2. The van der Waals surface area contributed by atoms with Crippen LogP contribution in [0.4, 0.5) is 10.5 Å². The summed E-state index contributed by atoms with van der Waals surface area (Å²) in [5, 5.41) is 0.434. The maximum Gasteiger partial charge on any atom is 0.409 e. The van der Waals surface area contributed by atoms with Gasteiger partial charge in [0.25, 0.3) is 10.0 Å². The number of hydrogen-bond acceptors (Lipinski definition) is 5. The minimum absolute atomic E-state index is 0.0315. The van der Waals surface area contributed by atoms with Gasteiger partial charge in [0.1, 0.15) is 6.54 Å². The Morgan fingerprint density at radius 3 is 2.21 bits per heavy atom. The Bertz CT molecular complexity index is 1120. The number of carbonyl (C=O) groups excluding carboxylic acids is 2. The van der Waals surface area contributed by atoms with E-state index >= 15 is 0 Å². The fourth-order valence-corrected chi connectivity index (χ4v) is 5.25. The molecule has 1 saturated heterocycles. The summed E-state index contributed by atoms with van der Waals surface area (Å²) in [6.07, 6.45) is -0.432. The minimum Gasteiger partial charge on any atom is -0.450 e. The van der Waals surface area contributed by atoms with E-state index in [-0.39, 0.29) is 40.3 Å². The number of anilines is 1. The van der Waals surface area contributed by atoms with Crippen molar-refractivity contribution in [2.24, 2.45) is 0 Å². The number of benzene rings is 2. The van der Waals surface area contributed by atoms with E-state index in [4.69, 9.17) is 27.9 Å². The van der Waals surface area contributed by atoms with Gasteiger partial charge in [-0.2, -0.15) is 0 Å². The molecule has 1 aliphatic rings. The van der Waals surface area contributed by atoms with E-state index < -0.39 is 28.6 Å². The Morgan fingerprint density at radius 2 is 1.61 bits per heavy atom. The van der Waals surface area contributed by atoms with Crippen molar-refractivity contribution in [1.29, 1.82) is 0 Å². The molecule has 0 aromatic heterocycles. The number of rotatable bonds is 6. The van der Waals surface area contributed by atoms with Crippen molar-refractivity contribution in [3.63, 3.8) is 0 Å². The van der Waals surface area contributed by atoms with Crippen LogP contribution in [0, 0.1) is 6.92 Å². The van der Waals surface area contributed by atoms with Crippen molar-refractivity contribution in [2.45, 2.75) is 18.7 Å². The van der Waals surface area contributed by atoms with Crippen molar-refractivity contribution in [3.8, 4) is 0 Å². The average Bonchev–Trinajstić information content (AvgIpc) is 2.79.